The molecular weight excluding hydrogens is 440 g/mol. The van der Waals surface area contributed by atoms with E-state index in [0.717, 1.165) is 82.8 Å². The molecule has 4 aliphatic rings. The van der Waals surface area contributed by atoms with Gasteiger partial charge in [0.15, 0.2) is 0 Å². The molecule has 35 heavy (non-hydrogen) atoms. The summed E-state index contributed by atoms with van der Waals surface area (Å²) in [6, 6.07) is 10.7. The Labute approximate surface area is 207 Å². The number of urea groups is 1. The summed E-state index contributed by atoms with van der Waals surface area (Å²) >= 11 is 0. The van der Waals surface area contributed by atoms with Crippen LogP contribution in [0.25, 0.3) is 0 Å². The number of nitrogens with zero attached hydrogens (tertiary/aromatic N) is 5. The van der Waals surface area contributed by atoms with Crippen molar-refractivity contribution in [1.82, 2.24) is 20.2 Å². The summed E-state index contributed by atoms with van der Waals surface area (Å²) in [6.45, 7) is 4.71. The topological polar surface area (TPSA) is 84.8 Å². The van der Waals surface area contributed by atoms with Gasteiger partial charge < -0.3 is 20.2 Å². The predicted molar refractivity (Wildman–Crippen MR) is 136 cm³/mol. The number of anilines is 2. The van der Waals surface area contributed by atoms with Gasteiger partial charge in [0.2, 0.25) is 5.95 Å². The summed E-state index contributed by atoms with van der Waals surface area (Å²) in [5.41, 5.74) is 1.16. The van der Waals surface area contributed by atoms with Gasteiger partial charge in [-0.2, -0.15) is 0 Å². The first-order valence-corrected chi connectivity index (χ1v) is 13.2. The highest BCUT2D eigenvalue weighted by molar-refractivity contribution is 5.95. The van der Waals surface area contributed by atoms with Crippen LogP contribution in [-0.2, 0) is 0 Å². The van der Waals surface area contributed by atoms with Crippen LogP contribution in [0.2, 0.25) is 0 Å². The van der Waals surface area contributed by atoms with Crippen LogP contribution in [0.15, 0.2) is 42.7 Å². The smallest absolute Gasteiger partial charge is 0.325 e. The van der Waals surface area contributed by atoms with Crippen LogP contribution in [-0.4, -0.2) is 76.4 Å². The van der Waals surface area contributed by atoms with Crippen molar-refractivity contribution in [1.29, 1.82) is 0 Å². The minimum absolute atomic E-state index is 0.0120. The number of piperazine rings is 1. The standard InChI is InChI=1S/C27H36N6O2/c34-25-32(23-17-29-24(30-18-23)31-15-13-28-14-16-31)19-26(33(25)20-27(35)9-4-10-27)11-7-22(8-12-26)21-5-2-1-3-6-21/h1-3,5-6,17-18,22,28,35H,4,7-16,19-20H2. The number of hydrogen-bond acceptors (Lipinski definition) is 6. The summed E-state index contributed by atoms with van der Waals surface area (Å²) in [7, 11) is 0. The van der Waals surface area contributed by atoms with E-state index in [1.165, 1.54) is 5.56 Å². The lowest BCUT2D eigenvalue weighted by molar-refractivity contribution is -0.0667. The Morgan fingerprint density at radius 1 is 1.00 bits per heavy atom. The van der Waals surface area contributed by atoms with Crippen molar-refractivity contribution in [2.45, 2.75) is 62.0 Å². The molecule has 186 valence electrons. The molecule has 0 bridgehead atoms. The lowest BCUT2D eigenvalue weighted by Gasteiger charge is -2.47. The average Bonchev–Trinajstić information content (AvgIpc) is 3.15. The highest BCUT2D eigenvalue weighted by Gasteiger charge is 2.54. The van der Waals surface area contributed by atoms with E-state index < -0.39 is 5.60 Å². The first-order chi connectivity index (χ1) is 17.1. The molecule has 2 aliphatic carbocycles. The molecule has 8 nitrogen and oxygen atoms in total. The fraction of sp³-hybridized carbons (Fsp3) is 0.593. The van der Waals surface area contributed by atoms with E-state index in [1.54, 1.807) is 12.4 Å². The van der Waals surface area contributed by atoms with Crippen molar-refractivity contribution < 1.29 is 9.90 Å². The normalized spacial score (nSPS) is 28.4. The van der Waals surface area contributed by atoms with Gasteiger partial charge in [-0.25, -0.2) is 14.8 Å². The van der Waals surface area contributed by atoms with Crippen molar-refractivity contribution in [3.8, 4) is 0 Å². The van der Waals surface area contributed by atoms with Gasteiger partial charge in [0.05, 0.1) is 42.3 Å². The Morgan fingerprint density at radius 3 is 2.31 bits per heavy atom. The lowest BCUT2D eigenvalue weighted by Crippen LogP contribution is -2.57. The number of β-amino-alcohol motifs (C(OH)–C–C–N with tert-alkyl or cyclic N) is 1. The van der Waals surface area contributed by atoms with Crippen molar-refractivity contribution >= 4 is 17.7 Å². The molecule has 8 heteroatoms. The Balaban J connectivity index is 1.23. The maximum absolute atomic E-state index is 13.8. The largest absolute Gasteiger partial charge is 0.388 e. The molecule has 2 aliphatic heterocycles. The third-order valence-corrected chi connectivity index (χ3v) is 8.75. The molecular formula is C27H36N6O2. The maximum atomic E-state index is 13.8. The fourth-order valence-corrected chi connectivity index (χ4v) is 6.39. The van der Waals surface area contributed by atoms with E-state index in [9.17, 15) is 9.90 Å². The Hall–Kier alpha value is -2.71. The van der Waals surface area contributed by atoms with Gasteiger partial charge in [-0.3, -0.25) is 4.90 Å². The molecule has 2 aromatic rings. The Kier molecular flexibility index (Phi) is 5.89. The minimum Gasteiger partial charge on any atom is -0.388 e. The number of benzene rings is 1. The number of aliphatic hydroxyl groups is 1. The molecule has 4 fully saturated rings. The number of nitrogens with one attached hydrogen (secondary N) is 1. The number of hydrogen-bond donors (Lipinski definition) is 2. The van der Waals surface area contributed by atoms with Crippen LogP contribution in [0.1, 0.15) is 56.4 Å². The molecule has 2 N–H and O–H groups in total. The summed E-state index contributed by atoms with van der Waals surface area (Å²) in [6.07, 6.45) is 10.2. The van der Waals surface area contributed by atoms with Crippen molar-refractivity contribution in [3.05, 3.63) is 48.3 Å². The molecule has 2 saturated carbocycles. The number of amides is 2. The lowest BCUT2D eigenvalue weighted by atomic mass is 9.72. The minimum atomic E-state index is -0.738. The van der Waals surface area contributed by atoms with Gasteiger partial charge in [0, 0.05) is 26.2 Å². The SMILES string of the molecule is O=C1N(c2cnc(N3CCNCC3)nc2)CC2(CCC(c3ccccc3)CC2)N1CC1(O)CCC1. The van der Waals surface area contributed by atoms with Gasteiger partial charge in [0.25, 0.3) is 0 Å². The van der Waals surface area contributed by atoms with Gasteiger partial charge in [0.1, 0.15) is 0 Å². The number of aromatic nitrogens is 2. The van der Waals surface area contributed by atoms with Crippen LogP contribution in [0, 0.1) is 0 Å². The van der Waals surface area contributed by atoms with Crippen molar-refractivity contribution in [2.24, 2.45) is 0 Å². The molecule has 2 saturated heterocycles. The molecule has 2 amide bonds. The first kappa shape index (κ1) is 22.7. The van der Waals surface area contributed by atoms with Crippen LogP contribution >= 0.6 is 0 Å². The quantitative estimate of drug-likeness (QED) is 0.690. The van der Waals surface area contributed by atoms with E-state index in [1.807, 2.05) is 9.80 Å². The zero-order chi connectivity index (χ0) is 23.9. The molecule has 1 spiro atoms. The van der Waals surface area contributed by atoms with E-state index in [-0.39, 0.29) is 11.6 Å². The third kappa shape index (κ3) is 4.27. The molecule has 6 rings (SSSR count). The van der Waals surface area contributed by atoms with E-state index in [0.29, 0.717) is 19.0 Å². The van der Waals surface area contributed by atoms with Crippen LogP contribution in [0.3, 0.4) is 0 Å². The average molecular weight is 477 g/mol. The van der Waals surface area contributed by atoms with E-state index in [4.69, 9.17) is 0 Å². The van der Waals surface area contributed by atoms with Crippen LogP contribution in [0.5, 0.6) is 0 Å². The van der Waals surface area contributed by atoms with Crippen LogP contribution in [0.4, 0.5) is 16.4 Å². The number of carbonyl (C=O) groups is 1. The van der Waals surface area contributed by atoms with Gasteiger partial charge in [-0.1, -0.05) is 30.3 Å². The fourth-order valence-electron chi connectivity index (χ4n) is 6.39. The number of carbonyl (C=O) groups excluding carboxylic acids is 1. The van der Waals surface area contributed by atoms with E-state index >= 15 is 0 Å². The zero-order valence-electron chi connectivity index (χ0n) is 20.4. The monoisotopic (exact) mass is 476 g/mol. The number of rotatable bonds is 5. The van der Waals surface area contributed by atoms with Gasteiger partial charge in [-0.15, -0.1) is 0 Å². The molecule has 1 aromatic heterocycles. The predicted octanol–water partition coefficient (Wildman–Crippen LogP) is 3.14. The summed E-state index contributed by atoms with van der Waals surface area (Å²) < 4.78 is 0. The van der Waals surface area contributed by atoms with Crippen molar-refractivity contribution in [3.63, 3.8) is 0 Å². The molecule has 0 atom stereocenters. The van der Waals surface area contributed by atoms with Crippen molar-refractivity contribution in [2.75, 3.05) is 49.1 Å². The third-order valence-electron chi connectivity index (χ3n) is 8.75. The maximum Gasteiger partial charge on any atom is 0.325 e. The zero-order valence-corrected chi connectivity index (χ0v) is 20.4. The second-order valence-electron chi connectivity index (χ2n) is 10.9. The molecule has 0 radical (unpaired) electrons. The highest BCUT2D eigenvalue weighted by Crippen LogP contribution is 2.47. The first-order valence-electron chi connectivity index (χ1n) is 13.2. The summed E-state index contributed by atoms with van der Waals surface area (Å²) in [5.74, 6) is 1.25. The molecule has 0 unspecified atom stereocenters. The van der Waals surface area contributed by atoms with E-state index in [2.05, 4.69) is 50.5 Å². The van der Waals surface area contributed by atoms with Crippen LogP contribution < -0.4 is 15.1 Å². The Morgan fingerprint density at radius 2 is 1.69 bits per heavy atom. The molecule has 1 aromatic carbocycles. The molecule has 3 heterocycles. The Bertz CT molecular complexity index is 1030. The second-order valence-corrected chi connectivity index (χ2v) is 10.9. The van der Waals surface area contributed by atoms with Gasteiger partial charge >= 0.3 is 6.03 Å². The summed E-state index contributed by atoms with van der Waals surface area (Å²) in [5, 5.41) is 14.4. The highest BCUT2D eigenvalue weighted by atomic mass is 16.3. The van der Waals surface area contributed by atoms with Gasteiger partial charge in [-0.05, 0) is 56.4 Å². The summed E-state index contributed by atoms with van der Waals surface area (Å²) in [4.78, 5) is 29.1. The second kappa shape index (κ2) is 9.06.